The summed E-state index contributed by atoms with van der Waals surface area (Å²) in [5.41, 5.74) is 0. The molecule has 3 heteroatoms. The first-order valence-corrected chi connectivity index (χ1v) is 5.59. The molecular formula is C11H21N3. The van der Waals surface area contributed by atoms with Gasteiger partial charge in [-0.1, -0.05) is 12.8 Å². The van der Waals surface area contributed by atoms with E-state index in [4.69, 9.17) is 5.26 Å². The number of nitriles is 1. The van der Waals surface area contributed by atoms with E-state index in [2.05, 4.69) is 23.2 Å². The molecule has 14 heavy (non-hydrogen) atoms. The third-order valence-electron chi connectivity index (χ3n) is 3.11. The Morgan fingerprint density at radius 1 is 1.50 bits per heavy atom. The molecule has 0 saturated carbocycles. The van der Waals surface area contributed by atoms with Gasteiger partial charge in [0.1, 0.15) is 6.04 Å². The predicted octanol–water partition coefficient (Wildman–Crippen LogP) is 1.36. The van der Waals surface area contributed by atoms with Crippen molar-refractivity contribution in [3.63, 3.8) is 0 Å². The molecule has 0 amide bonds. The summed E-state index contributed by atoms with van der Waals surface area (Å²) in [5.74, 6) is 0. The van der Waals surface area contributed by atoms with Gasteiger partial charge in [0, 0.05) is 12.6 Å². The Morgan fingerprint density at radius 3 is 2.93 bits per heavy atom. The lowest BCUT2D eigenvalue weighted by Crippen LogP contribution is -2.42. The molecule has 80 valence electrons. The largest absolute Gasteiger partial charge is 0.304 e. The summed E-state index contributed by atoms with van der Waals surface area (Å²) in [6, 6.07) is 2.91. The van der Waals surface area contributed by atoms with Crippen LogP contribution in [0.15, 0.2) is 0 Å². The minimum Gasteiger partial charge on any atom is -0.304 e. The molecule has 1 aliphatic rings. The minimum atomic E-state index is -0.0180. The number of likely N-dealkylation sites (N-methyl/N-ethyl adjacent to an activating group) is 1. The van der Waals surface area contributed by atoms with Crippen LogP contribution in [0, 0.1) is 11.3 Å². The van der Waals surface area contributed by atoms with Gasteiger partial charge in [0.15, 0.2) is 0 Å². The van der Waals surface area contributed by atoms with E-state index in [1.165, 1.54) is 25.7 Å². The maximum atomic E-state index is 8.87. The van der Waals surface area contributed by atoms with Gasteiger partial charge in [-0.2, -0.15) is 5.26 Å². The van der Waals surface area contributed by atoms with Gasteiger partial charge < -0.3 is 5.32 Å². The van der Waals surface area contributed by atoms with Crippen LogP contribution in [-0.4, -0.2) is 37.1 Å². The number of likely N-dealkylation sites (tertiary alicyclic amines) is 1. The third-order valence-corrected chi connectivity index (χ3v) is 3.11. The quantitative estimate of drug-likeness (QED) is 0.739. The van der Waals surface area contributed by atoms with E-state index in [9.17, 15) is 0 Å². The molecule has 1 N–H and O–H groups in total. The highest BCUT2D eigenvalue weighted by Crippen LogP contribution is 2.16. The summed E-state index contributed by atoms with van der Waals surface area (Å²) in [4.78, 5) is 2.44. The van der Waals surface area contributed by atoms with Gasteiger partial charge in [-0.3, -0.25) is 4.90 Å². The Hall–Kier alpha value is -0.590. The van der Waals surface area contributed by atoms with Crippen LogP contribution in [0.3, 0.4) is 0 Å². The van der Waals surface area contributed by atoms with Crippen molar-refractivity contribution in [1.29, 1.82) is 5.26 Å². The maximum absolute atomic E-state index is 8.87. The second-order valence-corrected chi connectivity index (χ2v) is 4.16. The van der Waals surface area contributed by atoms with Crippen molar-refractivity contribution in [1.82, 2.24) is 10.2 Å². The van der Waals surface area contributed by atoms with E-state index >= 15 is 0 Å². The standard InChI is InChI=1S/C11H21N3/c1-10-6-4-3-5-7-14(10)9-11(8-12)13-2/h10-11,13H,3-7,9H2,1-2H3. The summed E-state index contributed by atoms with van der Waals surface area (Å²) < 4.78 is 0. The molecule has 1 heterocycles. The second-order valence-electron chi connectivity index (χ2n) is 4.16. The molecule has 0 aliphatic carbocycles. The molecule has 1 fully saturated rings. The Kier molecular flexibility index (Phi) is 4.92. The van der Waals surface area contributed by atoms with Crippen LogP contribution in [0.25, 0.3) is 0 Å². The van der Waals surface area contributed by atoms with Crippen LogP contribution < -0.4 is 5.32 Å². The Bertz CT molecular complexity index is 197. The van der Waals surface area contributed by atoms with Gasteiger partial charge in [-0.05, 0) is 33.4 Å². The van der Waals surface area contributed by atoms with Crippen LogP contribution in [0.4, 0.5) is 0 Å². The third kappa shape index (κ3) is 3.28. The molecule has 1 aliphatic heterocycles. The number of nitrogens with zero attached hydrogens (tertiary/aromatic N) is 2. The first-order chi connectivity index (χ1) is 6.77. The number of hydrogen-bond acceptors (Lipinski definition) is 3. The summed E-state index contributed by atoms with van der Waals surface area (Å²) >= 11 is 0. The van der Waals surface area contributed by atoms with E-state index < -0.39 is 0 Å². The van der Waals surface area contributed by atoms with Gasteiger partial charge in [0.05, 0.1) is 6.07 Å². The molecule has 1 rings (SSSR count). The van der Waals surface area contributed by atoms with Crippen molar-refractivity contribution in [2.24, 2.45) is 0 Å². The summed E-state index contributed by atoms with van der Waals surface area (Å²) in [7, 11) is 1.86. The molecule has 0 spiro atoms. The number of hydrogen-bond donors (Lipinski definition) is 1. The molecule has 2 atom stereocenters. The Balaban J connectivity index is 2.44. The number of rotatable bonds is 3. The summed E-state index contributed by atoms with van der Waals surface area (Å²) in [6.07, 6.45) is 5.25. The zero-order valence-electron chi connectivity index (χ0n) is 9.29. The highest BCUT2D eigenvalue weighted by molar-refractivity contribution is 4.92. The zero-order valence-corrected chi connectivity index (χ0v) is 9.29. The first-order valence-electron chi connectivity index (χ1n) is 5.59. The van der Waals surface area contributed by atoms with Gasteiger partial charge in [-0.25, -0.2) is 0 Å². The van der Waals surface area contributed by atoms with Crippen molar-refractivity contribution in [3.05, 3.63) is 0 Å². The molecule has 0 aromatic carbocycles. The van der Waals surface area contributed by atoms with E-state index in [-0.39, 0.29) is 6.04 Å². The van der Waals surface area contributed by atoms with Crippen LogP contribution in [0.1, 0.15) is 32.6 Å². The van der Waals surface area contributed by atoms with Crippen molar-refractivity contribution in [3.8, 4) is 6.07 Å². The highest BCUT2D eigenvalue weighted by atomic mass is 15.2. The molecular weight excluding hydrogens is 174 g/mol. The molecule has 0 aromatic heterocycles. The van der Waals surface area contributed by atoms with Crippen molar-refractivity contribution >= 4 is 0 Å². The predicted molar refractivity (Wildman–Crippen MR) is 58.0 cm³/mol. The van der Waals surface area contributed by atoms with E-state index in [1.807, 2.05) is 7.05 Å². The molecule has 3 nitrogen and oxygen atoms in total. The van der Waals surface area contributed by atoms with Crippen molar-refractivity contribution in [2.45, 2.75) is 44.7 Å². The van der Waals surface area contributed by atoms with Crippen LogP contribution in [-0.2, 0) is 0 Å². The van der Waals surface area contributed by atoms with Gasteiger partial charge >= 0.3 is 0 Å². The van der Waals surface area contributed by atoms with Crippen molar-refractivity contribution in [2.75, 3.05) is 20.1 Å². The monoisotopic (exact) mass is 195 g/mol. The molecule has 0 bridgehead atoms. The maximum Gasteiger partial charge on any atom is 0.108 e. The second kappa shape index (κ2) is 6.00. The zero-order chi connectivity index (χ0) is 10.4. The van der Waals surface area contributed by atoms with E-state index in [0.29, 0.717) is 6.04 Å². The van der Waals surface area contributed by atoms with Crippen LogP contribution >= 0.6 is 0 Å². The molecule has 0 aromatic rings. The fourth-order valence-corrected chi connectivity index (χ4v) is 2.04. The average molecular weight is 195 g/mol. The minimum absolute atomic E-state index is 0.0180. The Morgan fingerprint density at radius 2 is 2.29 bits per heavy atom. The fourth-order valence-electron chi connectivity index (χ4n) is 2.04. The normalized spacial score (nSPS) is 26.5. The van der Waals surface area contributed by atoms with Crippen molar-refractivity contribution < 1.29 is 0 Å². The SMILES string of the molecule is CNC(C#N)CN1CCCCCC1C. The average Bonchev–Trinajstić information content (AvgIpc) is 2.40. The van der Waals surface area contributed by atoms with Gasteiger partial charge in [-0.15, -0.1) is 0 Å². The molecule has 1 saturated heterocycles. The van der Waals surface area contributed by atoms with E-state index in [1.54, 1.807) is 0 Å². The van der Waals surface area contributed by atoms with Crippen LogP contribution in [0.2, 0.25) is 0 Å². The van der Waals surface area contributed by atoms with Crippen LogP contribution in [0.5, 0.6) is 0 Å². The fraction of sp³-hybridized carbons (Fsp3) is 0.909. The molecule has 2 unspecified atom stereocenters. The Labute approximate surface area is 87.1 Å². The van der Waals surface area contributed by atoms with Gasteiger partial charge in [0.25, 0.3) is 0 Å². The lowest BCUT2D eigenvalue weighted by molar-refractivity contribution is 0.204. The smallest absolute Gasteiger partial charge is 0.108 e. The highest BCUT2D eigenvalue weighted by Gasteiger charge is 2.19. The lowest BCUT2D eigenvalue weighted by atomic mass is 10.1. The van der Waals surface area contributed by atoms with Gasteiger partial charge in [0.2, 0.25) is 0 Å². The summed E-state index contributed by atoms with van der Waals surface area (Å²) in [5, 5.41) is 11.9. The lowest BCUT2D eigenvalue weighted by Gasteiger charge is -2.28. The first kappa shape index (κ1) is 11.5. The number of nitrogens with one attached hydrogen (secondary N) is 1. The van der Waals surface area contributed by atoms with E-state index in [0.717, 1.165) is 13.1 Å². The molecule has 0 radical (unpaired) electrons. The summed E-state index contributed by atoms with van der Waals surface area (Å²) in [6.45, 7) is 4.30. The topological polar surface area (TPSA) is 39.1 Å².